The summed E-state index contributed by atoms with van der Waals surface area (Å²) in [5.41, 5.74) is 4.60. The molecule has 0 radical (unpaired) electrons. The highest BCUT2D eigenvalue weighted by Crippen LogP contribution is 2.08. The van der Waals surface area contributed by atoms with Crippen molar-refractivity contribution in [1.29, 1.82) is 0 Å². The lowest BCUT2D eigenvalue weighted by atomic mass is 10.2. The summed E-state index contributed by atoms with van der Waals surface area (Å²) < 4.78 is 12.8. The Bertz CT molecular complexity index is 291. The molecule has 3 nitrogen and oxygen atoms in total. The third-order valence-electron chi connectivity index (χ3n) is 1.14. The van der Waals surface area contributed by atoms with Gasteiger partial charge in [-0.2, -0.15) is 0 Å². The molecule has 72 valence electrons. The maximum absolute atomic E-state index is 12.0. The first-order valence-corrected chi connectivity index (χ1v) is 4.12. The van der Waals surface area contributed by atoms with Crippen LogP contribution in [0.15, 0.2) is 34.2 Å². The van der Waals surface area contributed by atoms with E-state index in [1.54, 1.807) is 6.92 Å². The van der Waals surface area contributed by atoms with Crippen LogP contribution in [0, 0.1) is 0 Å². The van der Waals surface area contributed by atoms with Gasteiger partial charge in [-0.25, -0.2) is 9.18 Å². The van der Waals surface area contributed by atoms with E-state index in [1.165, 1.54) is 12.2 Å². The van der Waals surface area contributed by atoms with E-state index in [1.807, 2.05) is 0 Å². The molecule has 5 heteroatoms. The molecule has 0 aliphatic heterocycles. The van der Waals surface area contributed by atoms with Crippen LogP contribution in [0.25, 0.3) is 0 Å². The van der Waals surface area contributed by atoms with Gasteiger partial charge in [-0.15, -0.1) is 0 Å². The SMILES string of the molecule is C\C(Br)=C/C=C(N)\C(=C\F)C(=O)O. The molecular weight excluding hydrogens is 241 g/mol. The minimum atomic E-state index is -1.39. The third-order valence-corrected chi connectivity index (χ3v) is 1.41. The molecule has 0 rings (SSSR count). The van der Waals surface area contributed by atoms with Gasteiger partial charge in [0.25, 0.3) is 0 Å². The van der Waals surface area contributed by atoms with Gasteiger partial charge in [0.2, 0.25) is 0 Å². The maximum atomic E-state index is 12.0. The summed E-state index contributed by atoms with van der Waals surface area (Å²) >= 11 is 3.11. The lowest BCUT2D eigenvalue weighted by Gasteiger charge is -1.97. The first kappa shape index (κ1) is 11.9. The molecule has 0 saturated carbocycles. The highest BCUT2D eigenvalue weighted by molar-refractivity contribution is 9.11. The summed E-state index contributed by atoms with van der Waals surface area (Å²) in [6, 6.07) is 0. The minimum absolute atomic E-state index is 0.0361. The molecule has 0 aromatic carbocycles. The lowest BCUT2D eigenvalue weighted by molar-refractivity contribution is -0.132. The van der Waals surface area contributed by atoms with Crippen molar-refractivity contribution in [3.63, 3.8) is 0 Å². The van der Waals surface area contributed by atoms with Gasteiger partial charge in [0.15, 0.2) is 0 Å². The van der Waals surface area contributed by atoms with Gasteiger partial charge in [-0.05, 0) is 17.5 Å². The smallest absolute Gasteiger partial charge is 0.340 e. The summed E-state index contributed by atoms with van der Waals surface area (Å²) in [5, 5.41) is 8.45. The van der Waals surface area contributed by atoms with E-state index in [9.17, 15) is 9.18 Å². The molecular formula is C8H9BrFNO2. The Morgan fingerprint density at radius 2 is 2.08 bits per heavy atom. The van der Waals surface area contributed by atoms with E-state index in [4.69, 9.17) is 10.8 Å². The fraction of sp³-hybridized carbons (Fsp3) is 0.125. The van der Waals surface area contributed by atoms with Crippen molar-refractivity contribution in [1.82, 2.24) is 0 Å². The number of carboxylic acid groups (broad SMARTS) is 1. The predicted octanol–water partition coefficient (Wildman–Crippen LogP) is 2.07. The Hall–Kier alpha value is -1.10. The lowest BCUT2D eigenvalue weighted by Crippen LogP contribution is -2.09. The Balaban J connectivity index is 4.77. The number of aliphatic carboxylic acids is 1. The average Bonchev–Trinajstić information content (AvgIpc) is 2.01. The van der Waals surface area contributed by atoms with Gasteiger partial charge in [0, 0.05) is 5.70 Å². The van der Waals surface area contributed by atoms with Crippen LogP contribution < -0.4 is 5.73 Å². The zero-order valence-electron chi connectivity index (χ0n) is 6.92. The monoisotopic (exact) mass is 249 g/mol. The topological polar surface area (TPSA) is 63.3 Å². The molecule has 0 unspecified atom stereocenters. The quantitative estimate of drug-likeness (QED) is 0.595. The Labute approximate surface area is 83.6 Å². The zero-order valence-corrected chi connectivity index (χ0v) is 8.51. The van der Waals surface area contributed by atoms with Crippen LogP contribution >= 0.6 is 15.9 Å². The van der Waals surface area contributed by atoms with Crippen molar-refractivity contribution in [2.24, 2.45) is 5.73 Å². The van der Waals surface area contributed by atoms with Gasteiger partial charge < -0.3 is 10.8 Å². The number of hydrogen-bond acceptors (Lipinski definition) is 2. The number of carboxylic acids is 1. The van der Waals surface area contributed by atoms with E-state index in [2.05, 4.69) is 15.9 Å². The Kier molecular flexibility index (Phi) is 5.06. The number of rotatable bonds is 3. The molecule has 0 amide bonds. The second-order valence-electron chi connectivity index (χ2n) is 2.20. The fourth-order valence-corrected chi connectivity index (χ4v) is 0.660. The highest BCUT2D eigenvalue weighted by atomic mass is 79.9. The molecule has 0 heterocycles. The van der Waals surface area contributed by atoms with Crippen molar-refractivity contribution in [3.05, 3.63) is 34.2 Å². The molecule has 0 aliphatic rings. The van der Waals surface area contributed by atoms with Gasteiger partial charge in [-0.1, -0.05) is 22.0 Å². The molecule has 0 saturated heterocycles. The minimum Gasteiger partial charge on any atom is -0.478 e. The number of halogens is 2. The number of carbonyl (C=O) groups is 1. The Morgan fingerprint density at radius 3 is 2.38 bits per heavy atom. The van der Waals surface area contributed by atoms with Crippen molar-refractivity contribution in [2.45, 2.75) is 6.92 Å². The summed E-state index contributed by atoms with van der Waals surface area (Å²) in [7, 11) is 0. The largest absolute Gasteiger partial charge is 0.478 e. The predicted molar refractivity (Wildman–Crippen MR) is 51.8 cm³/mol. The second kappa shape index (κ2) is 5.53. The number of hydrogen-bond donors (Lipinski definition) is 2. The molecule has 0 spiro atoms. The zero-order chi connectivity index (χ0) is 10.4. The fourth-order valence-electron chi connectivity index (χ4n) is 0.528. The third kappa shape index (κ3) is 4.47. The Morgan fingerprint density at radius 1 is 1.54 bits per heavy atom. The van der Waals surface area contributed by atoms with E-state index >= 15 is 0 Å². The first-order valence-electron chi connectivity index (χ1n) is 3.32. The van der Waals surface area contributed by atoms with Gasteiger partial charge in [0.1, 0.15) is 11.9 Å². The highest BCUT2D eigenvalue weighted by Gasteiger charge is 2.09. The molecule has 0 aromatic rings. The molecule has 3 N–H and O–H groups in total. The molecule has 0 bridgehead atoms. The summed E-state index contributed by atoms with van der Waals surface area (Å²) in [6.45, 7) is 1.74. The van der Waals surface area contributed by atoms with Crippen LogP contribution in [0.1, 0.15) is 6.92 Å². The van der Waals surface area contributed by atoms with Gasteiger partial charge in [-0.3, -0.25) is 0 Å². The second-order valence-corrected chi connectivity index (χ2v) is 3.45. The summed E-state index contributed by atoms with van der Waals surface area (Å²) in [5.74, 6) is -1.39. The van der Waals surface area contributed by atoms with Crippen LogP contribution in [-0.2, 0) is 4.79 Å². The van der Waals surface area contributed by atoms with Crippen molar-refractivity contribution < 1.29 is 14.3 Å². The van der Waals surface area contributed by atoms with E-state index in [0.29, 0.717) is 0 Å². The summed E-state index contributed by atoms with van der Waals surface area (Å²) in [6.07, 6.45) is 2.80. The van der Waals surface area contributed by atoms with Crippen LogP contribution in [0.2, 0.25) is 0 Å². The maximum Gasteiger partial charge on any atom is 0.340 e. The molecule has 0 aliphatic carbocycles. The van der Waals surface area contributed by atoms with Gasteiger partial charge >= 0.3 is 5.97 Å². The van der Waals surface area contributed by atoms with E-state index in [0.717, 1.165) is 4.48 Å². The molecule has 0 atom stereocenters. The van der Waals surface area contributed by atoms with Gasteiger partial charge in [0.05, 0.1) is 0 Å². The van der Waals surface area contributed by atoms with Crippen LogP contribution in [0.5, 0.6) is 0 Å². The van der Waals surface area contributed by atoms with E-state index in [-0.39, 0.29) is 12.0 Å². The van der Waals surface area contributed by atoms with Crippen LogP contribution in [0.3, 0.4) is 0 Å². The molecule has 0 fully saturated rings. The standard InChI is InChI=1S/C8H9BrFNO2/c1-5(9)2-3-7(11)6(4-10)8(12)13/h2-4H,11H2,1H3,(H,12,13)/b5-2+,6-4-,7-3+. The van der Waals surface area contributed by atoms with Crippen molar-refractivity contribution in [3.8, 4) is 0 Å². The van der Waals surface area contributed by atoms with Crippen molar-refractivity contribution in [2.75, 3.05) is 0 Å². The van der Waals surface area contributed by atoms with Crippen molar-refractivity contribution >= 4 is 21.9 Å². The summed E-state index contributed by atoms with van der Waals surface area (Å²) in [4.78, 5) is 10.4. The number of nitrogens with two attached hydrogens (primary N) is 1. The molecule has 13 heavy (non-hydrogen) atoms. The molecule has 0 aromatic heterocycles. The van der Waals surface area contributed by atoms with Crippen LogP contribution in [0.4, 0.5) is 4.39 Å². The average molecular weight is 250 g/mol. The first-order chi connectivity index (χ1) is 5.99. The van der Waals surface area contributed by atoms with Crippen LogP contribution in [-0.4, -0.2) is 11.1 Å². The van der Waals surface area contributed by atoms with E-state index < -0.39 is 11.5 Å². The normalized spacial score (nSPS) is 14.5. The number of allylic oxidation sites excluding steroid dienone is 3.